The Balaban J connectivity index is 2.66. The van der Waals surface area contributed by atoms with Crippen LogP contribution in [0.4, 0.5) is 0 Å². The Bertz CT molecular complexity index is 781. The molecule has 126 valence electrons. The van der Waals surface area contributed by atoms with E-state index in [4.69, 9.17) is 4.74 Å². The van der Waals surface area contributed by atoms with Gasteiger partial charge < -0.3 is 14.9 Å². The normalized spacial score (nSPS) is 14.1. The van der Waals surface area contributed by atoms with E-state index in [9.17, 15) is 24.6 Å². The highest BCUT2D eigenvalue weighted by Crippen LogP contribution is 2.40. The van der Waals surface area contributed by atoms with Crippen molar-refractivity contribution in [1.29, 1.82) is 0 Å². The Kier molecular flexibility index (Phi) is 4.87. The molecule has 0 bridgehead atoms. The second-order valence-electron chi connectivity index (χ2n) is 5.65. The lowest BCUT2D eigenvalue weighted by atomic mass is 9.89. The van der Waals surface area contributed by atoms with Gasteiger partial charge in [-0.2, -0.15) is 0 Å². The third-order valence-electron chi connectivity index (χ3n) is 3.53. The minimum absolute atomic E-state index is 0.0469. The predicted octanol–water partition coefficient (Wildman–Crippen LogP) is 2.99. The summed E-state index contributed by atoms with van der Waals surface area (Å²) in [6.45, 7) is 5.18. The van der Waals surface area contributed by atoms with Crippen LogP contribution in [-0.4, -0.2) is 27.7 Å². The van der Waals surface area contributed by atoms with E-state index in [0.717, 1.165) is 23.8 Å². The molecule has 1 atom stereocenters. The lowest BCUT2D eigenvalue weighted by molar-refractivity contribution is -0.146. The van der Waals surface area contributed by atoms with E-state index >= 15 is 0 Å². The molecule has 24 heavy (non-hydrogen) atoms. The first-order valence-electron chi connectivity index (χ1n) is 7.46. The van der Waals surface area contributed by atoms with Crippen molar-refractivity contribution in [2.75, 3.05) is 0 Å². The van der Waals surface area contributed by atoms with Crippen molar-refractivity contribution in [2.24, 2.45) is 0 Å². The molecule has 1 unspecified atom stereocenters. The highest BCUT2D eigenvalue weighted by molar-refractivity contribution is 6.24. The van der Waals surface area contributed by atoms with E-state index in [0.29, 0.717) is 0 Å². The molecule has 0 fully saturated rings. The molecule has 1 aliphatic carbocycles. The van der Waals surface area contributed by atoms with Crippen LogP contribution in [0.1, 0.15) is 59.6 Å². The van der Waals surface area contributed by atoms with Crippen LogP contribution in [-0.2, 0) is 9.53 Å². The fourth-order valence-corrected chi connectivity index (χ4v) is 2.42. The third kappa shape index (κ3) is 3.22. The summed E-state index contributed by atoms with van der Waals surface area (Å²) in [5, 5.41) is 20.6. The summed E-state index contributed by atoms with van der Waals surface area (Å²) in [5.74, 6) is -2.60. The summed E-state index contributed by atoms with van der Waals surface area (Å²) < 4.78 is 5.28. The molecule has 0 saturated carbocycles. The van der Waals surface area contributed by atoms with Gasteiger partial charge in [-0.3, -0.25) is 14.4 Å². The van der Waals surface area contributed by atoms with Gasteiger partial charge in [0.25, 0.3) is 0 Å². The van der Waals surface area contributed by atoms with Gasteiger partial charge in [-0.05, 0) is 38.1 Å². The van der Waals surface area contributed by atoms with Crippen molar-refractivity contribution >= 4 is 17.5 Å². The standard InChI is InChI=1S/C18H18O6/c1-4-15(22)24-14(7-9(2)3)10-8-13(21)16-11(19)5-6-12(20)17(16)18(10)23/h5-8,14,21,23H,4H2,1-3H3. The van der Waals surface area contributed by atoms with Crippen molar-refractivity contribution in [3.8, 4) is 11.5 Å². The highest BCUT2D eigenvalue weighted by Gasteiger charge is 2.31. The van der Waals surface area contributed by atoms with Crippen molar-refractivity contribution in [2.45, 2.75) is 33.3 Å². The first kappa shape index (κ1) is 17.5. The Morgan fingerprint density at radius 1 is 1.17 bits per heavy atom. The molecular weight excluding hydrogens is 312 g/mol. The zero-order chi connectivity index (χ0) is 18.0. The molecule has 6 heteroatoms. The number of allylic oxidation sites excluding steroid dienone is 3. The SMILES string of the molecule is CCC(=O)OC(C=C(C)C)c1cc(O)c2c(c1O)C(=O)C=CC2=O. The summed E-state index contributed by atoms with van der Waals surface area (Å²) in [7, 11) is 0. The van der Waals surface area contributed by atoms with E-state index in [1.165, 1.54) is 0 Å². The van der Waals surface area contributed by atoms with E-state index < -0.39 is 35.1 Å². The first-order valence-corrected chi connectivity index (χ1v) is 7.46. The van der Waals surface area contributed by atoms with E-state index in [1.54, 1.807) is 26.8 Å². The van der Waals surface area contributed by atoms with Crippen molar-refractivity contribution in [3.63, 3.8) is 0 Å². The minimum Gasteiger partial charge on any atom is -0.507 e. The van der Waals surface area contributed by atoms with Gasteiger partial charge in [0.05, 0.1) is 11.1 Å². The lowest BCUT2D eigenvalue weighted by Crippen LogP contribution is -2.15. The zero-order valence-corrected chi connectivity index (χ0v) is 13.6. The van der Waals surface area contributed by atoms with Crippen molar-refractivity contribution in [3.05, 3.63) is 46.6 Å². The van der Waals surface area contributed by atoms with E-state index in [1.807, 2.05) is 0 Å². The zero-order valence-electron chi connectivity index (χ0n) is 13.6. The summed E-state index contributed by atoms with van der Waals surface area (Å²) in [6, 6.07) is 1.14. The second-order valence-corrected chi connectivity index (χ2v) is 5.65. The summed E-state index contributed by atoms with van der Waals surface area (Å²) >= 11 is 0. The molecular formula is C18H18O6. The largest absolute Gasteiger partial charge is 0.507 e. The lowest BCUT2D eigenvalue weighted by Gasteiger charge is -2.21. The number of hydrogen-bond donors (Lipinski definition) is 2. The Morgan fingerprint density at radius 3 is 2.29 bits per heavy atom. The number of carbonyl (C=O) groups excluding carboxylic acids is 3. The number of hydrogen-bond acceptors (Lipinski definition) is 6. The molecule has 2 N–H and O–H groups in total. The quantitative estimate of drug-likeness (QED) is 0.500. The average Bonchev–Trinajstić information content (AvgIpc) is 2.51. The number of carbonyl (C=O) groups is 3. The van der Waals surface area contributed by atoms with Crippen LogP contribution in [0.2, 0.25) is 0 Å². The summed E-state index contributed by atoms with van der Waals surface area (Å²) in [4.78, 5) is 35.6. The van der Waals surface area contributed by atoms with Gasteiger partial charge in [-0.25, -0.2) is 0 Å². The van der Waals surface area contributed by atoms with Crippen molar-refractivity contribution in [1.82, 2.24) is 0 Å². The summed E-state index contributed by atoms with van der Waals surface area (Å²) in [5.41, 5.74) is 0.326. The van der Waals surface area contributed by atoms with Crippen molar-refractivity contribution < 1.29 is 29.3 Å². The van der Waals surface area contributed by atoms with Crippen LogP contribution in [0.15, 0.2) is 29.9 Å². The maximum atomic E-state index is 12.0. The molecule has 0 heterocycles. The fraction of sp³-hybridized carbons (Fsp3) is 0.278. The second kappa shape index (κ2) is 6.70. The molecule has 0 radical (unpaired) electrons. The number of ketones is 2. The first-order chi connectivity index (χ1) is 11.3. The minimum atomic E-state index is -0.979. The number of aromatic hydroxyl groups is 2. The van der Waals surface area contributed by atoms with E-state index in [-0.39, 0.29) is 23.1 Å². The van der Waals surface area contributed by atoms with Crippen LogP contribution in [0.25, 0.3) is 0 Å². The van der Waals surface area contributed by atoms with Gasteiger partial charge >= 0.3 is 5.97 Å². The van der Waals surface area contributed by atoms with Gasteiger partial charge in [0.1, 0.15) is 17.6 Å². The molecule has 1 aromatic rings. The molecule has 0 amide bonds. The van der Waals surface area contributed by atoms with Gasteiger partial charge in [0.2, 0.25) is 0 Å². The van der Waals surface area contributed by atoms with Gasteiger partial charge in [-0.15, -0.1) is 0 Å². The van der Waals surface area contributed by atoms with Crippen LogP contribution in [0.3, 0.4) is 0 Å². The summed E-state index contributed by atoms with van der Waals surface area (Å²) in [6.07, 6.45) is 2.80. The van der Waals surface area contributed by atoms with Crippen LogP contribution in [0, 0.1) is 0 Å². The highest BCUT2D eigenvalue weighted by atomic mass is 16.5. The number of fused-ring (bicyclic) bond motifs is 1. The molecule has 6 nitrogen and oxygen atoms in total. The molecule has 0 saturated heterocycles. The van der Waals surface area contributed by atoms with Gasteiger partial charge in [0.15, 0.2) is 11.6 Å². The topological polar surface area (TPSA) is 101 Å². The third-order valence-corrected chi connectivity index (χ3v) is 3.53. The number of esters is 1. The maximum absolute atomic E-state index is 12.0. The van der Waals surface area contributed by atoms with Crippen LogP contribution >= 0.6 is 0 Å². The predicted molar refractivity (Wildman–Crippen MR) is 86.1 cm³/mol. The van der Waals surface area contributed by atoms with Crippen LogP contribution in [0.5, 0.6) is 11.5 Å². The molecule has 0 spiro atoms. The number of phenolic OH excluding ortho intramolecular Hbond substituents is 2. The molecule has 1 aromatic carbocycles. The smallest absolute Gasteiger partial charge is 0.306 e. The Morgan fingerprint density at radius 2 is 1.75 bits per heavy atom. The number of benzene rings is 1. The molecule has 2 rings (SSSR count). The monoisotopic (exact) mass is 330 g/mol. The Labute approximate surface area is 139 Å². The Hall–Kier alpha value is -2.89. The van der Waals surface area contributed by atoms with E-state index in [2.05, 4.69) is 0 Å². The van der Waals surface area contributed by atoms with Gasteiger partial charge in [0, 0.05) is 12.0 Å². The molecule has 0 aliphatic heterocycles. The molecule has 1 aliphatic rings. The number of ether oxygens (including phenoxy) is 1. The molecule has 0 aromatic heterocycles. The number of phenols is 2. The maximum Gasteiger partial charge on any atom is 0.306 e. The van der Waals surface area contributed by atoms with Crippen LogP contribution < -0.4 is 0 Å². The fourth-order valence-electron chi connectivity index (χ4n) is 2.42. The average molecular weight is 330 g/mol. The van der Waals surface area contributed by atoms with Gasteiger partial charge in [-0.1, -0.05) is 12.5 Å². The number of rotatable bonds is 4.